The van der Waals surface area contributed by atoms with Crippen LogP contribution in [-0.2, 0) is 4.79 Å². The van der Waals surface area contributed by atoms with Crippen LogP contribution in [0.4, 0.5) is 0 Å². The highest BCUT2D eigenvalue weighted by Crippen LogP contribution is 2.31. The Kier molecular flexibility index (Phi) is 4.43. The Morgan fingerprint density at radius 3 is 2.47 bits per heavy atom. The second-order valence-corrected chi connectivity index (χ2v) is 5.82. The van der Waals surface area contributed by atoms with Crippen LogP contribution in [0, 0.1) is 11.8 Å². The van der Waals surface area contributed by atoms with E-state index >= 15 is 0 Å². The maximum atomic E-state index is 11.1. The Balaban J connectivity index is 1.76. The SMILES string of the molecule is CCC1CCCC1NC1CCC(C(N)=O)CC1. The zero-order valence-electron chi connectivity index (χ0n) is 11.0. The van der Waals surface area contributed by atoms with E-state index in [1.54, 1.807) is 0 Å². The van der Waals surface area contributed by atoms with Gasteiger partial charge in [0.05, 0.1) is 0 Å². The molecule has 0 spiro atoms. The molecule has 2 atom stereocenters. The normalized spacial score (nSPS) is 38.2. The summed E-state index contributed by atoms with van der Waals surface area (Å²) in [6, 6.07) is 1.36. The summed E-state index contributed by atoms with van der Waals surface area (Å²) in [4.78, 5) is 11.1. The summed E-state index contributed by atoms with van der Waals surface area (Å²) in [5.74, 6) is 0.915. The van der Waals surface area contributed by atoms with Crippen LogP contribution in [-0.4, -0.2) is 18.0 Å². The Morgan fingerprint density at radius 1 is 1.18 bits per heavy atom. The van der Waals surface area contributed by atoms with E-state index in [0.29, 0.717) is 6.04 Å². The van der Waals surface area contributed by atoms with Gasteiger partial charge in [0, 0.05) is 18.0 Å². The van der Waals surface area contributed by atoms with Crippen LogP contribution in [0.15, 0.2) is 0 Å². The molecule has 0 radical (unpaired) electrons. The number of carbonyl (C=O) groups excluding carboxylic acids is 1. The molecule has 3 N–H and O–H groups in total. The van der Waals surface area contributed by atoms with Crippen LogP contribution in [0.1, 0.15) is 58.3 Å². The molecule has 3 nitrogen and oxygen atoms in total. The van der Waals surface area contributed by atoms with E-state index in [1.165, 1.54) is 25.7 Å². The van der Waals surface area contributed by atoms with Gasteiger partial charge >= 0.3 is 0 Å². The molecule has 17 heavy (non-hydrogen) atoms. The number of hydrogen-bond donors (Lipinski definition) is 2. The summed E-state index contributed by atoms with van der Waals surface area (Å²) in [6.07, 6.45) is 9.63. The van der Waals surface area contributed by atoms with Crippen LogP contribution in [0.5, 0.6) is 0 Å². The minimum Gasteiger partial charge on any atom is -0.369 e. The standard InChI is InChI=1S/C14H26N2O/c1-2-10-4-3-5-13(10)16-12-8-6-11(7-9-12)14(15)17/h10-13,16H,2-9H2,1H3,(H2,15,17). The van der Waals surface area contributed by atoms with Gasteiger partial charge in [-0.3, -0.25) is 4.79 Å². The fraction of sp³-hybridized carbons (Fsp3) is 0.929. The van der Waals surface area contributed by atoms with Gasteiger partial charge in [0.1, 0.15) is 0 Å². The van der Waals surface area contributed by atoms with Crippen LogP contribution in [0.2, 0.25) is 0 Å². The molecule has 0 heterocycles. The topological polar surface area (TPSA) is 55.1 Å². The predicted octanol–water partition coefficient (Wildman–Crippen LogP) is 2.20. The van der Waals surface area contributed by atoms with Gasteiger partial charge in [0.15, 0.2) is 0 Å². The lowest BCUT2D eigenvalue weighted by molar-refractivity contribution is -0.122. The van der Waals surface area contributed by atoms with Gasteiger partial charge in [-0.05, 0) is 44.4 Å². The lowest BCUT2D eigenvalue weighted by Gasteiger charge is -2.31. The first-order valence-electron chi connectivity index (χ1n) is 7.26. The first-order chi connectivity index (χ1) is 8.20. The molecule has 3 heteroatoms. The van der Waals surface area contributed by atoms with Crippen LogP contribution >= 0.6 is 0 Å². The summed E-state index contributed by atoms with van der Waals surface area (Å²) >= 11 is 0. The van der Waals surface area contributed by atoms with E-state index in [0.717, 1.165) is 37.6 Å². The fourth-order valence-electron chi connectivity index (χ4n) is 3.59. The zero-order chi connectivity index (χ0) is 12.3. The molecule has 0 bridgehead atoms. The van der Waals surface area contributed by atoms with E-state index in [4.69, 9.17) is 5.73 Å². The summed E-state index contributed by atoms with van der Waals surface area (Å²) < 4.78 is 0. The highest BCUT2D eigenvalue weighted by molar-refractivity contribution is 5.76. The number of nitrogens with two attached hydrogens (primary N) is 1. The lowest BCUT2D eigenvalue weighted by Crippen LogP contribution is -2.43. The number of hydrogen-bond acceptors (Lipinski definition) is 2. The van der Waals surface area contributed by atoms with Crippen molar-refractivity contribution in [3.8, 4) is 0 Å². The molecule has 0 aromatic carbocycles. The van der Waals surface area contributed by atoms with Gasteiger partial charge in [0.25, 0.3) is 0 Å². The number of amides is 1. The van der Waals surface area contributed by atoms with E-state index in [9.17, 15) is 4.79 Å². The van der Waals surface area contributed by atoms with Gasteiger partial charge < -0.3 is 11.1 Å². The van der Waals surface area contributed by atoms with E-state index in [2.05, 4.69) is 12.2 Å². The Morgan fingerprint density at radius 2 is 1.88 bits per heavy atom. The Hall–Kier alpha value is -0.570. The van der Waals surface area contributed by atoms with Crippen molar-refractivity contribution in [2.45, 2.75) is 70.4 Å². The van der Waals surface area contributed by atoms with Crippen LogP contribution in [0.3, 0.4) is 0 Å². The quantitative estimate of drug-likeness (QED) is 0.789. The summed E-state index contributed by atoms with van der Waals surface area (Å²) in [5, 5.41) is 3.83. The lowest BCUT2D eigenvalue weighted by atomic mass is 9.85. The van der Waals surface area contributed by atoms with Crippen molar-refractivity contribution in [1.29, 1.82) is 0 Å². The molecular weight excluding hydrogens is 212 g/mol. The highest BCUT2D eigenvalue weighted by atomic mass is 16.1. The molecule has 2 aliphatic carbocycles. The molecule has 2 aliphatic rings. The van der Waals surface area contributed by atoms with E-state index in [1.807, 2.05) is 0 Å². The summed E-state index contributed by atoms with van der Waals surface area (Å²) in [5.41, 5.74) is 5.36. The molecule has 98 valence electrons. The van der Waals surface area contributed by atoms with Crippen LogP contribution < -0.4 is 11.1 Å². The Labute approximate surface area is 105 Å². The summed E-state index contributed by atoms with van der Waals surface area (Å²) in [7, 11) is 0. The largest absolute Gasteiger partial charge is 0.369 e. The smallest absolute Gasteiger partial charge is 0.220 e. The fourth-order valence-corrected chi connectivity index (χ4v) is 3.59. The molecule has 0 aromatic heterocycles. The first kappa shape index (κ1) is 12.9. The number of nitrogens with one attached hydrogen (secondary N) is 1. The average Bonchev–Trinajstić information content (AvgIpc) is 2.77. The molecule has 2 unspecified atom stereocenters. The molecule has 0 aromatic rings. The zero-order valence-corrected chi connectivity index (χ0v) is 11.0. The first-order valence-corrected chi connectivity index (χ1v) is 7.26. The van der Waals surface area contributed by atoms with Gasteiger partial charge in [-0.1, -0.05) is 19.8 Å². The van der Waals surface area contributed by atoms with Crippen molar-refractivity contribution >= 4 is 5.91 Å². The maximum absolute atomic E-state index is 11.1. The van der Waals surface area contributed by atoms with Crippen molar-refractivity contribution in [2.24, 2.45) is 17.6 Å². The van der Waals surface area contributed by atoms with Gasteiger partial charge in [-0.2, -0.15) is 0 Å². The molecular formula is C14H26N2O. The molecule has 2 saturated carbocycles. The molecule has 2 rings (SSSR count). The second-order valence-electron chi connectivity index (χ2n) is 5.82. The molecule has 2 fully saturated rings. The van der Waals surface area contributed by atoms with Crippen molar-refractivity contribution in [3.63, 3.8) is 0 Å². The van der Waals surface area contributed by atoms with Gasteiger partial charge in [-0.15, -0.1) is 0 Å². The second kappa shape index (κ2) is 5.85. The van der Waals surface area contributed by atoms with Gasteiger partial charge in [0.2, 0.25) is 5.91 Å². The third-order valence-electron chi connectivity index (χ3n) is 4.76. The summed E-state index contributed by atoms with van der Waals surface area (Å²) in [6.45, 7) is 2.30. The number of carbonyl (C=O) groups is 1. The van der Waals surface area contributed by atoms with E-state index < -0.39 is 0 Å². The maximum Gasteiger partial charge on any atom is 0.220 e. The third kappa shape index (κ3) is 3.21. The van der Waals surface area contributed by atoms with Crippen molar-refractivity contribution in [1.82, 2.24) is 5.32 Å². The average molecular weight is 238 g/mol. The molecule has 0 saturated heterocycles. The Bertz CT molecular complexity index is 259. The minimum absolute atomic E-state index is 0.101. The predicted molar refractivity (Wildman–Crippen MR) is 69.5 cm³/mol. The number of rotatable bonds is 4. The van der Waals surface area contributed by atoms with Crippen molar-refractivity contribution in [2.75, 3.05) is 0 Å². The van der Waals surface area contributed by atoms with Gasteiger partial charge in [-0.25, -0.2) is 0 Å². The number of primary amides is 1. The van der Waals surface area contributed by atoms with Crippen molar-refractivity contribution in [3.05, 3.63) is 0 Å². The third-order valence-corrected chi connectivity index (χ3v) is 4.76. The monoisotopic (exact) mass is 238 g/mol. The minimum atomic E-state index is -0.101. The van der Waals surface area contributed by atoms with E-state index in [-0.39, 0.29) is 11.8 Å². The van der Waals surface area contributed by atoms with Crippen molar-refractivity contribution < 1.29 is 4.79 Å². The van der Waals surface area contributed by atoms with Crippen LogP contribution in [0.25, 0.3) is 0 Å². The molecule has 0 aliphatic heterocycles. The highest BCUT2D eigenvalue weighted by Gasteiger charge is 2.30. The molecule has 1 amide bonds.